The fourth-order valence-corrected chi connectivity index (χ4v) is 4.34. The number of aryl methyl sites for hydroxylation is 2. The molecule has 4 aromatic rings. The predicted octanol–water partition coefficient (Wildman–Crippen LogP) is 4.45. The summed E-state index contributed by atoms with van der Waals surface area (Å²) in [5, 5.41) is 6.89. The van der Waals surface area contributed by atoms with Crippen LogP contribution in [0.2, 0.25) is 5.02 Å². The zero-order valence-corrected chi connectivity index (χ0v) is 18.5. The van der Waals surface area contributed by atoms with E-state index in [9.17, 15) is 9.59 Å². The Morgan fingerprint density at radius 1 is 0.970 bits per heavy atom. The summed E-state index contributed by atoms with van der Waals surface area (Å²) < 4.78 is 4.21. The molecule has 2 aromatic heterocycles. The molecule has 0 aliphatic carbocycles. The van der Waals surface area contributed by atoms with Crippen LogP contribution in [0.1, 0.15) is 18.4 Å². The number of hydrogen-bond donors (Lipinski definition) is 2. The van der Waals surface area contributed by atoms with E-state index in [1.807, 2.05) is 55.1 Å². The predicted molar refractivity (Wildman–Crippen MR) is 129 cm³/mol. The van der Waals surface area contributed by atoms with Crippen molar-refractivity contribution in [3.63, 3.8) is 0 Å². The molecule has 3 heterocycles. The molecule has 2 N–H and O–H groups in total. The van der Waals surface area contributed by atoms with Crippen molar-refractivity contribution < 1.29 is 9.59 Å². The van der Waals surface area contributed by atoms with E-state index in [0.717, 1.165) is 42.4 Å². The highest BCUT2D eigenvalue weighted by molar-refractivity contribution is 6.39. The molecule has 0 saturated heterocycles. The number of benzene rings is 2. The monoisotopic (exact) mass is 459 g/mol. The Morgan fingerprint density at radius 3 is 2.58 bits per heavy atom. The van der Waals surface area contributed by atoms with Crippen LogP contribution in [0.5, 0.6) is 0 Å². The summed E-state index contributed by atoms with van der Waals surface area (Å²) >= 11 is 6.28. The molecule has 0 bridgehead atoms. The number of anilines is 1. The quantitative estimate of drug-likeness (QED) is 0.301. The van der Waals surface area contributed by atoms with Crippen LogP contribution < -0.4 is 10.6 Å². The molecular weight excluding hydrogens is 438 g/mol. The van der Waals surface area contributed by atoms with Gasteiger partial charge in [-0.3, -0.25) is 14.9 Å². The van der Waals surface area contributed by atoms with E-state index in [1.54, 1.807) is 18.3 Å². The van der Waals surface area contributed by atoms with Gasteiger partial charge in [0.05, 0.1) is 22.6 Å². The van der Waals surface area contributed by atoms with Crippen LogP contribution in [0.15, 0.2) is 79.1 Å². The van der Waals surface area contributed by atoms with Crippen LogP contribution in [0.4, 0.5) is 5.69 Å². The summed E-state index contributed by atoms with van der Waals surface area (Å²) in [6.07, 6.45) is 9.48. The third-order valence-electron chi connectivity index (χ3n) is 5.75. The van der Waals surface area contributed by atoms with Crippen molar-refractivity contribution in [3.05, 3.63) is 89.7 Å². The van der Waals surface area contributed by atoms with E-state index in [0.29, 0.717) is 16.3 Å². The summed E-state index contributed by atoms with van der Waals surface area (Å²) in [5.74, 6) is -0.885. The van der Waals surface area contributed by atoms with Gasteiger partial charge in [-0.05, 0) is 31.0 Å². The molecular formula is C25H22ClN5O2. The summed E-state index contributed by atoms with van der Waals surface area (Å²) in [5.41, 5.74) is 2.84. The highest BCUT2D eigenvalue weighted by Crippen LogP contribution is 2.33. The van der Waals surface area contributed by atoms with Gasteiger partial charge in [-0.2, -0.15) is 0 Å². The fourth-order valence-electron chi connectivity index (χ4n) is 4.16. The number of aromatic nitrogens is 3. The van der Waals surface area contributed by atoms with Crippen molar-refractivity contribution >= 4 is 45.6 Å². The lowest BCUT2D eigenvalue weighted by atomic mass is 10.0. The molecule has 8 heteroatoms. The number of nitrogens with one attached hydrogen (secondary N) is 2. The van der Waals surface area contributed by atoms with Crippen molar-refractivity contribution in [1.82, 2.24) is 19.4 Å². The summed E-state index contributed by atoms with van der Waals surface area (Å²) in [6, 6.07) is 15.0. The molecule has 1 aliphatic rings. The molecule has 0 atom stereocenters. The third-order valence-corrected chi connectivity index (χ3v) is 6.08. The minimum absolute atomic E-state index is 0.205. The van der Waals surface area contributed by atoms with Crippen molar-refractivity contribution in [2.45, 2.75) is 25.9 Å². The van der Waals surface area contributed by atoms with Gasteiger partial charge in [-0.15, -0.1) is 0 Å². The van der Waals surface area contributed by atoms with Crippen LogP contribution in [-0.2, 0) is 22.7 Å². The van der Waals surface area contributed by atoms with Gasteiger partial charge in [-0.25, -0.2) is 4.98 Å². The molecule has 166 valence electrons. The van der Waals surface area contributed by atoms with Gasteiger partial charge in [0.2, 0.25) is 0 Å². The Morgan fingerprint density at radius 2 is 1.76 bits per heavy atom. The van der Waals surface area contributed by atoms with Gasteiger partial charge in [0, 0.05) is 48.1 Å². The Balaban J connectivity index is 1.48. The molecule has 7 nitrogen and oxygen atoms in total. The van der Waals surface area contributed by atoms with E-state index in [2.05, 4.69) is 24.8 Å². The minimum atomic E-state index is -0.466. The fraction of sp³-hybridized carbons (Fsp3) is 0.160. The molecule has 2 aromatic carbocycles. The van der Waals surface area contributed by atoms with Gasteiger partial charge in [-0.1, -0.05) is 41.9 Å². The Kier molecular flexibility index (Phi) is 5.71. The maximum atomic E-state index is 12.8. The van der Waals surface area contributed by atoms with Crippen molar-refractivity contribution in [2.24, 2.45) is 0 Å². The molecule has 5 rings (SSSR count). The number of amides is 2. The van der Waals surface area contributed by atoms with Gasteiger partial charge in [0.1, 0.15) is 5.70 Å². The number of carbonyl (C=O) groups excluding carboxylic acids is 2. The molecule has 0 radical (unpaired) electrons. The van der Waals surface area contributed by atoms with Gasteiger partial charge in [0.25, 0.3) is 11.8 Å². The average Bonchev–Trinajstić information content (AvgIpc) is 3.52. The van der Waals surface area contributed by atoms with Crippen LogP contribution in [-0.4, -0.2) is 25.9 Å². The first-order chi connectivity index (χ1) is 16.1. The number of unbranched alkanes of at least 4 members (excludes halogenated alkanes) is 1. The van der Waals surface area contributed by atoms with E-state index >= 15 is 0 Å². The van der Waals surface area contributed by atoms with Crippen molar-refractivity contribution in [3.8, 4) is 0 Å². The van der Waals surface area contributed by atoms with E-state index in [4.69, 9.17) is 11.6 Å². The molecule has 0 saturated carbocycles. The Hall–Kier alpha value is -3.84. The molecule has 1 aliphatic heterocycles. The second kappa shape index (κ2) is 8.96. The Bertz CT molecular complexity index is 1370. The van der Waals surface area contributed by atoms with Crippen molar-refractivity contribution in [1.29, 1.82) is 0 Å². The van der Waals surface area contributed by atoms with Gasteiger partial charge in [0.15, 0.2) is 0 Å². The van der Waals surface area contributed by atoms with Crippen LogP contribution in [0, 0.1) is 0 Å². The lowest BCUT2D eigenvalue weighted by molar-refractivity contribution is -0.123. The second-order valence-corrected chi connectivity index (χ2v) is 8.31. The molecule has 0 fully saturated rings. The SMILES string of the molecule is O=C1NC(=O)C(c2cn(CCCCn3ccnc3)c3ccccc23)=C1Nc1ccccc1Cl. The number of fused-ring (bicyclic) bond motifs is 1. The topological polar surface area (TPSA) is 81.0 Å². The summed E-state index contributed by atoms with van der Waals surface area (Å²) in [7, 11) is 0. The smallest absolute Gasteiger partial charge is 0.275 e. The van der Waals surface area contributed by atoms with E-state index in [1.165, 1.54) is 0 Å². The molecule has 0 unspecified atom stereocenters. The highest BCUT2D eigenvalue weighted by Gasteiger charge is 2.33. The number of para-hydroxylation sites is 2. The molecule has 33 heavy (non-hydrogen) atoms. The first kappa shape index (κ1) is 21.0. The number of hydrogen-bond acceptors (Lipinski definition) is 4. The maximum absolute atomic E-state index is 12.8. The third kappa shape index (κ3) is 4.15. The van der Waals surface area contributed by atoms with Crippen LogP contribution in [0.3, 0.4) is 0 Å². The first-order valence-electron chi connectivity index (χ1n) is 10.8. The summed E-state index contributed by atoms with van der Waals surface area (Å²) in [4.78, 5) is 29.6. The molecule has 0 spiro atoms. The lowest BCUT2D eigenvalue weighted by Crippen LogP contribution is -2.24. The number of imide groups is 1. The molecule has 2 amide bonds. The minimum Gasteiger partial charge on any atom is -0.349 e. The number of carbonyl (C=O) groups is 2. The normalized spacial score (nSPS) is 13.7. The van der Waals surface area contributed by atoms with E-state index in [-0.39, 0.29) is 5.70 Å². The summed E-state index contributed by atoms with van der Waals surface area (Å²) in [6.45, 7) is 1.70. The van der Waals surface area contributed by atoms with E-state index < -0.39 is 11.8 Å². The number of imidazole rings is 1. The first-order valence-corrected chi connectivity index (χ1v) is 11.1. The average molecular weight is 460 g/mol. The van der Waals surface area contributed by atoms with Gasteiger partial charge >= 0.3 is 0 Å². The Labute approximate surface area is 195 Å². The lowest BCUT2D eigenvalue weighted by Gasteiger charge is -2.09. The number of halogens is 1. The van der Waals surface area contributed by atoms with Crippen molar-refractivity contribution in [2.75, 3.05) is 5.32 Å². The highest BCUT2D eigenvalue weighted by atomic mass is 35.5. The number of rotatable bonds is 8. The zero-order chi connectivity index (χ0) is 22.8. The van der Waals surface area contributed by atoms with Crippen LogP contribution in [0.25, 0.3) is 16.5 Å². The second-order valence-electron chi connectivity index (χ2n) is 7.90. The largest absolute Gasteiger partial charge is 0.349 e. The van der Waals surface area contributed by atoms with Crippen LogP contribution >= 0.6 is 11.6 Å². The number of nitrogens with zero attached hydrogens (tertiary/aromatic N) is 3. The zero-order valence-electron chi connectivity index (χ0n) is 17.8. The van der Waals surface area contributed by atoms with Gasteiger partial charge < -0.3 is 14.5 Å². The standard InChI is InChI=1S/C25H22ClN5O2/c26-19-8-2-3-9-20(19)28-23-22(24(32)29-25(23)33)18-15-31(21-10-4-1-7-17(18)21)13-6-5-12-30-14-11-27-16-30/h1-4,7-11,14-16H,5-6,12-13H2,(H2,28,29,32,33). The maximum Gasteiger partial charge on any atom is 0.275 e.